The maximum atomic E-state index is 12.9. The number of nitrogen functional groups attached to an aromatic ring is 1. The number of hydrogen-bond donors (Lipinski definition) is 1. The summed E-state index contributed by atoms with van der Waals surface area (Å²) < 4.78 is 24.6. The number of carbonyl (C=O) groups is 1. The van der Waals surface area contributed by atoms with Gasteiger partial charge in [0.15, 0.2) is 0 Å². The molecule has 76 valence electrons. The van der Waals surface area contributed by atoms with Gasteiger partial charge in [0.2, 0.25) is 0 Å². The molecule has 0 aromatic heterocycles. The standard InChI is InChI=1S/C9H9F2NO2/c1-2-5-3-4-6(10)8(12)7(5)9(13)14-11/h3-4H,2,12H2,1H3. The number of anilines is 1. The van der Waals surface area contributed by atoms with Crippen molar-refractivity contribution in [2.45, 2.75) is 13.3 Å². The first-order chi connectivity index (χ1) is 6.61. The predicted molar refractivity (Wildman–Crippen MR) is 46.7 cm³/mol. The van der Waals surface area contributed by atoms with Gasteiger partial charge in [0.1, 0.15) is 5.82 Å². The van der Waals surface area contributed by atoms with Crippen molar-refractivity contribution in [1.29, 1.82) is 0 Å². The summed E-state index contributed by atoms with van der Waals surface area (Å²) in [6, 6.07) is 2.50. The summed E-state index contributed by atoms with van der Waals surface area (Å²) in [5.74, 6) is -2.03. The second-order valence-electron chi connectivity index (χ2n) is 2.71. The van der Waals surface area contributed by atoms with Gasteiger partial charge in [-0.1, -0.05) is 13.0 Å². The number of halogens is 2. The van der Waals surface area contributed by atoms with E-state index in [-0.39, 0.29) is 11.3 Å². The first kappa shape index (κ1) is 10.4. The van der Waals surface area contributed by atoms with Crippen molar-refractivity contribution in [3.8, 4) is 0 Å². The molecule has 0 saturated carbocycles. The van der Waals surface area contributed by atoms with E-state index in [0.29, 0.717) is 12.0 Å². The van der Waals surface area contributed by atoms with Gasteiger partial charge in [0.05, 0.1) is 11.3 Å². The fourth-order valence-electron chi connectivity index (χ4n) is 1.21. The number of aryl methyl sites for hydroxylation is 1. The van der Waals surface area contributed by atoms with E-state index in [2.05, 4.69) is 4.94 Å². The minimum Gasteiger partial charge on any atom is -0.396 e. The van der Waals surface area contributed by atoms with Crippen molar-refractivity contribution in [3.05, 3.63) is 29.1 Å². The molecule has 0 saturated heterocycles. The Morgan fingerprint density at radius 1 is 1.57 bits per heavy atom. The fraction of sp³-hybridized carbons (Fsp3) is 0.222. The van der Waals surface area contributed by atoms with Crippen molar-refractivity contribution in [2.24, 2.45) is 0 Å². The topological polar surface area (TPSA) is 52.3 Å². The van der Waals surface area contributed by atoms with Gasteiger partial charge in [0, 0.05) is 4.53 Å². The van der Waals surface area contributed by atoms with Crippen LogP contribution >= 0.6 is 0 Å². The highest BCUT2D eigenvalue weighted by Crippen LogP contribution is 2.22. The molecule has 0 heterocycles. The molecule has 5 heteroatoms. The van der Waals surface area contributed by atoms with Crippen LogP contribution in [0.15, 0.2) is 12.1 Å². The van der Waals surface area contributed by atoms with Gasteiger partial charge >= 0.3 is 5.97 Å². The normalized spacial score (nSPS) is 9.93. The second-order valence-corrected chi connectivity index (χ2v) is 2.71. The van der Waals surface area contributed by atoms with Crippen LogP contribution in [0.3, 0.4) is 0 Å². The summed E-state index contributed by atoms with van der Waals surface area (Å²) in [5.41, 5.74) is 5.12. The molecule has 0 aliphatic carbocycles. The Bertz CT molecular complexity index is 366. The van der Waals surface area contributed by atoms with Crippen LogP contribution in [-0.4, -0.2) is 5.97 Å². The quantitative estimate of drug-likeness (QED) is 0.744. The summed E-state index contributed by atoms with van der Waals surface area (Å²) in [7, 11) is 0. The van der Waals surface area contributed by atoms with Crippen LogP contribution in [0.4, 0.5) is 14.6 Å². The van der Waals surface area contributed by atoms with E-state index in [1.54, 1.807) is 6.92 Å². The van der Waals surface area contributed by atoms with E-state index in [0.717, 1.165) is 6.07 Å². The zero-order valence-electron chi connectivity index (χ0n) is 7.51. The number of nitrogens with two attached hydrogens (primary N) is 1. The molecule has 0 spiro atoms. The molecule has 1 aromatic carbocycles. The van der Waals surface area contributed by atoms with Gasteiger partial charge in [-0.15, -0.1) is 0 Å². The number of hydrogen-bond acceptors (Lipinski definition) is 3. The maximum Gasteiger partial charge on any atom is 0.382 e. The summed E-state index contributed by atoms with van der Waals surface area (Å²) in [4.78, 5) is 14.0. The number of benzene rings is 1. The van der Waals surface area contributed by atoms with Crippen LogP contribution in [0, 0.1) is 5.82 Å². The summed E-state index contributed by atoms with van der Waals surface area (Å²) in [6.45, 7) is 1.74. The van der Waals surface area contributed by atoms with Gasteiger partial charge in [-0.05, 0) is 18.1 Å². The molecule has 2 N–H and O–H groups in total. The summed E-state index contributed by atoms with van der Waals surface area (Å²) in [5, 5.41) is 0. The van der Waals surface area contributed by atoms with Crippen molar-refractivity contribution < 1.29 is 18.7 Å². The molecule has 14 heavy (non-hydrogen) atoms. The van der Waals surface area contributed by atoms with Gasteiger partial charge in [-0.3, -0.25) is 0 Å². The molecule has 1 rings (SSSR count). The zero-order chi connectivity index (χ0) is 10.7. The van der Waals surface area contributed by atoms with Gasteiger partial charge in [0.25, 0.3) is 0 Å². The lowest BCUT2D eigenvalue weighted by Crippen LogP contribution is -2.09. The SMILES string of the molecule is CCc1ccc(F)c(N)c1C(=O)OF. The lowest BCUT2D eigenvalue weighted by atomic mass is 10.0. The first-order valence-electron chi connectivity index (χ1n) is 4.01. The Morgan fingerprint density at radius 2 is 2.21 bits per heavy atom. The molecule has 0 aliphatic rings. The second kappa shape index (κ2) is 4.04. The smallest absolute Gasteiger partial charge is 0.382 e. The van der Waals surface area contributed by atoms with Crippen molar-refractivity contribution >= 4 is 11.7 Å². The van der Waals surface area contributed by atoms with Crippen molar-refractivity contribution in [1.82, 2.24) is 0 Å². The summed E-state index contributed by atoms with van der Waals surface area (Å²) >= 11 is 0. The molecule has 3 nitrogen and oxygen atoms in total. The van der Waals surface area contributed by atoms with E-state index < -0.39 is 11.8 Å². The van der Waals surface area contributed by atoms with Crippen LogP contribution in [-0.2, 0) is 11.4 Å². The highest BCUT2D eigenvalue weighted by Gasteiger charge is 2.19. The van der Waals surface area contributed by atoms with Crippen molar-refractivity contribution in [3.63, 3.8) is 0 Å². The maximum absolute atomic E-state index is 12.9. The molecule has 1 aromatic rings. The Morgan fingerprint density at radius 3 is 2.71 bits per heavy atom. The fourth-order valence-corrected chi connectivity index (χ4v) is 1.21. The highest BCUT2D eigenvalue weighted by atomic mass is 19.3. The van der Waals surface area contributed by atoms with Crippen LogP contribution < -0.4 is 5.73 Å². The van der Waals surface area contributed by atoms with Gasteiger partial charge in [-0.25, -0.2) is 14.1 Å². The predicted octanol–water partition coefficient (Wildman–Crippen LogP) is 2.01. The molecular formula is C9H9F2NO2. The van der Waals surface area contributed by atoms with Crippen LogP contribution in [0.25, 0.3) is 0 Å². The Kier molecular flexibility index (Phi) is 3.01. The third-order valence-corrected chi connectivity index (χ3v) is 1.93. The first-order valence-corrected chi connectivity index (χ1v) is 4.01. The minimum atomic E-state index is -1.26. The molecule has 0 fully saturated rings. The van der Waals surface area contributed by atoms with Gasteiger partial charge in [-0.2, -0.15) is 0 Å². The number of carbonyl (C=O) groups excluding carboxylic acids is 1. The molecule has 0 amide bonds. The molecule has 0 aliphatic heterocycles. The van der Waals surface area contributed by atoms with Gasteiger partial charge < -0.3 is 5.73 Å². The highest BCUT2D eigenvalue weighted by molar-refractivity contribution is 5.96. The third kappa shape index (κ3) is 1.66. The van der Waals surface area contributed by atoms with E-state index >= 15 is 0 Å². The summed E-state index contributed by atoms with van der Waals surface area (Å²) in [6.07, 6.45) is 0.439. The van der Waals surface area contributed by atoms with E-state index in [4.69, 9.17) is 5.73 Å². The lowest BCUT2D eigenvalue weighted by molar-refractivity contribution is -0.0788. The average molecular weight is 201 g/mol. The molecular weight excluding hydrogens is 192 g/mol. The van der Waals surface area contributed by atoms with Crippen molar-refractivity contribution in [2.75, 3.05) is 5.73 Å². The van der Waals surface area contributed by atoms with Crippen LogP contribution in [0.2, 0.25) is 0 Å². The average Bonchev–Trinajstić information content (AvgIpc) is 2.20. The third-order valence-electron chi connectivity index (χ3n) is 1.93. The molecule has 0 radical (unpaired) electrons. The lowest BCUT2D eigenvalue weighted by Gasteiger charge is -2.07. The van der Waals surface area contributed by atoms with E-state index in [9.17, 15) is 13.7 Å². The Hall–Kier alpha value is -1.65. The monoisotopic (exact) mass is 201 g/mol. The largest absolute Gasteiger partial charge is 0.396 e. The number of rotatable bonds is 2. The Balaban J connectivity index is 3.35. The molecule has 0 atom stereocenters. The van der Waals surface area contributed by atoms with E-state index in [1.807, 2.05) is 0 Å². The van der Waals surface area contributed by atoms with E-state index in [1.165, 1.54) is 6.07 Å². The van der Waals surface area contributed by atoms with Crippen LogP contribution in [0.5, 0.6) is 0 Å². The van der Waals surface area contributed by atoms with Crippen LogP contribution in [0.1, 0.15) is 22.8 Å². The molecule has 0 bridgehead atoms. The zero-order valence-corrected chi connectivity index (χ0v) is 7.51. The minimum absolute atomic E-state index is 0.241. The molecule has 0 unspecified atom stereocenters. The Labute approximate surface area is 79.4 Å².